The first kappa shape index (κ1) is 12.3. The highest BCUT2D eigenvalue weighted by atomic mass is 15.0. The van der Waals surface area contributed by atoms with E-state index in [1.807, 2.05) is 0 Å². The highest BCUT2D eigenvalue weighted by molar-refractivity contribution is 6.02. The SMILES string of the molecule is CC1=NCCNCCNCCN=C(C)C1. The fourth-order valence-electron chi connectivity index (χ4n) is 1.56. The van der Waals surface area contributed by atoms with E-state index in [1.165, 1.54) is 11.4 Å². The third-order valence-electron chi connectivity index (χ3n) is 2.33. The summed E-state index contributed by atoms with van der Waals surface area (Å²) in [6.07, 6.45) is 0.917. The molecule has 1 aliphatic heterocycles. The van der Waals surface area contributed by atoms with E-state index >= 15 is 0 Å². The van der Waals surface area contributed by atoms with Crippen LogP contribution in [0.4, 0.5) is 0 Å². The van der Waals surface area contributed by atoms with Crippen molar-refractivity contribution in [2.24, 2.45) is 9.98 Å². The van der Waals surface area contributed by atoms with Crippen molar-refractivity contribution in [3.8, 4) is 0 Å². The maximum Gasteiger partial charge on any atom is 0.0513 e. The maximum absolute atomic E-state index is 4.49. The van der Waals surface area contributed by atoms with Gasteiger partial charge in [-0.2, -0.15) is 0 Å². The lowest BCUT2D eigenvalue weighted by atomic mass is 10.2. The largest absolute Gasteiger partial charge is 0.314 e. The van der Waals surface area contributed by atoms with Crippen LogP contribution >= 0.6 is 0 Å². The molecule has 0 unspecified atom stereocenters. The van der Waals surface area contributed by atoms with Crippen LogP contribution in [0.15, 0.2) is 9.98 Å². The van der Waals surface area contributed by atoms with Crippen molar-refractivity contribution < 1.29 is 0 Å². The van der Waals surface area contributed by atoms with Crippen molar-refractivity contribution in [3.63, 3.8) is 0 Å². The average Bonchev–Trinajstić information content (AvgIpc) is 2.21. The standard InChI is InChI=1S/C11H22N4/c1-10-9-11(2)15-8-6-13-4-3-12-5-7-14-10/h12-13H,3-9H2,1-2H3. The summed E-state index contributed by atoms with van der Waals surface area (Å²) in [7, 11) is 0. The Bertz CT molecular complexity index is 209. The quantitative estimate of drug-likeness (QED) is 0.611. The molecule has 0 aliphatic carbocycles. The molecule has 0 amide bonds. The van der Waals surface area contributed by atoms with Crippen molar-refractivity contribution in [1.29, 1.82) is 0 Å². The van der Waals surface area contributed by atoms with Crippen LogP contribution in [0.25, 0.3) is 0 Å². The van der Waals surface area contributed by atoms with Gasteiger partial charge in [0.1, 0.15) is 0 Å². The summed E-state index contributed by atoms with van der Waals surface area (Å²) in [6, 6.07) is 0. The van der Waals surface area contributed by atoms with Crippen LogP contribution in [-0.4, -0.2) is 50.7 Å². The van der Waals surface area contributed by atoms with Gasteiger partial charge in [-0.3, -0.25) is 9.98 Å². The molecule has 0 saturated carbocycles. The third-order valence-corrected chi connectivity index (χ3v) is 2.33. The number of nitrogens with one attached hydrogen (secondary N) is 2. The van der Waals surface area contributed by atoms with Gasteiger partial charge >= 0.3 is 0 Å². The van der Waals surface area contributed by atoms with Crippen molar-refractivity contribution in [1.82, 2.24) is 10.6 Å². The lowest BCUT2D eigenvalue weighted by Crippen LogP contribution is -2.30. The Labute approximate surface area is 92.3 Å². The molecular weight excluding hydrogens is 188 g/mol. The zero-order chi connectivity index (χ0) is 10.9. The van der Waals surface area contributed by atoms with Crippen molar-refractivity contribution in [3.05, 3.63) is 0 Å². The molecule has 0 fully saturated rings. The van der Waals surface area contributed by atoms with Gasteiger partial charge in [0.25, 0.3) is 0 Å². The molecule has 4 heteroatoms. The van der Waals surface area contributed by atoms with Crippen LogP contribution in [0.3, 0.4) is 0 Å². The van der Waals surface area contributed by atoms with Gasteiger partial charge in [-0.15, -0.1) is 0 Å². The Morgan fingerprint density at radius 2 is 1.27 bits per heavy atom. The first-order chi connectivity index (χ1) is 7.29. The van der Waals surface area contributed by atoms with Gasteiger partial charge < -0.3 is 10.6 Å². The number of hydrogen-bond donors (Lipinski definition) is 2. The molecule has 0 aromatic heterocycles. The molecule has 1 rings (SSSR count). The lowest BCUT2D eigenvalue weighted by Gasteiger charge is -2.03. The molecule has 0 radical (unpaired) electrons. The first-order valence-corrected chi connectivity index (χ1v) is 5.70. The van der Waals surface area contributed by atoms with E-state index < -0.39 is 0 Å². The average molecular weight is 210 g/mol. The van der Waals surface area contributed by atoms with E-state index in [-0.39, 0.29) is 0 Å². The van der Waals surface area contributed by atoms with Crippen LogP contribution in [0.2, 0.25) is 0 Å². The highest BCUT2D eigenvalue weighted by Crippen LogP contribution is 1.91. The minimum absolute atomic E-state index is 0.874. The van der Waals surface area contributed by atoms with E-state index in [1.54, 1.807) is 0 Å². The maximum atomic E-state index is 4.49. The van der Waals surface area contributed by atoms with Gasteiger partial charge in [0.05, 0.1) is 13.1 Å². The Morgan fingerprint density at radius 3 is 1.73 bits per heavy atom. The minimum Gasteiger partial charge on any atom is -0.314 e. The molecule has 4 nitrogen and oxygen atoms in total. The van der Waals surface area contributed by atoms with E-state index in [4.69, 9.17) is 0 Å². The van der Waals surface area contributed by atoms with E-state index in [0.29, 0.717) is 0 Å². The van der Waals surface area contributed by atoms with Crippen LogP contribution < -0.4 is 10.6 Å². The van der Waals surface area contributed by atoms with Crippen molar-refractivity contribution in [2.45, 2.75) is 20.3 Å². The van der Waals surface area contributed by atoms with Gasteiger partial charge in [0.2, 0.25) is 0 Å². The van der Waals surface area contributed by atoms with Crippen molar-refractivity contribution >= 4 is 11.4 Å². The second-order valence-electron chi connectivity index (χ2n) is 3.91. The van der Waals surface area contributed by atoms with E-state index in [2.05, 4.69) is 34.5 Å². The normalized spacial score (nSPS) is 21.7. The molecule has 1 heterocycles. The molecule has 0 atom stereocenters. The van der Waals surface area contributed by atoms with E-state index in [0.717, 1.165) is 45.7 Å². The minimum atomic E-state index is 0.874. The van der Waals surface area contributed by atoms with Crippen molar-refractivity contribution in [2.75, 3.05) is 39.3 Å². The molecule has 0 aromatic rings. The third kappa shape index (κ3) is 6.36. The number of nitrogens with zero attached hydrogens (tertiary/aromatic N) is 2. The topological polar surface area (TPSA) is 48.8 Å². The van der Waals surface area contributed by atoms with Crippen LogP contribution in [0.1, 0.15) is 20.3 Å². The van der Waals surface area contributed by atoms with Gasteiger partial charge in [0.15, 0.2) is 0 Å². The van der Waals surface area contributed by atoms with Gasteiger partial charge in [-0.1, -0.05) is 0 Å². The van der Waals surface area contributed by atoms with Gasteiger partial charge in [-0.25, -0.2) is 0 Å². The number of hydrogen-bond acceptors (Lipinski definition) is 4. The Kier molecular flexibility index (Phi) is 6.20. The monoisotopic (exact) mass is 210 g/mol. The molecular formula is C11H22N4. The zero-order valence-corrected chi connectivity index (χ0v) is 9.84. The summed E-state index contributed by atoms with van der Waals surface area (Å²) in [5.74, 6) is 0. The first-order valence-electron chi connectivity index (χ1n) is 5.70. The molecule has 1 aliphatic rings. The fourth-order valence-corrected chi connectivity index (χ4v) is 1.56. The lowest BCUT2D eigenvalue weighted by molar-refractivity contribution is 0.619. The van der Waals surface area contributed by atoms with Gasteiger partial charge in [-0.05, 0) is 13.8 Å². The Balaban J connectivity index is 2.44. The predicted octanol–water partition coefficient (Wildman–Crippen LogP) is 0.491. The Morgan fingerprint density at radius 1 is 0.800 bits per heavy atom. The molecule has 86 valence electrons. The molecule has 0 aromatic carbocycles. The number of aliphatic imine (C=N–C) groups is 2. The van der Waals surface area contributed by atoms with Crippen LogP contribution in [-0.2, 0) is 0 Å². The molecule has 2 N–H and O–H groups in total. The molecule has 0 bridgehead atoms. The Hall–Kier alpha value is -0.740. The van der Waals surface area contributed by atoms with Gasteiger partial charge in [0, 0.05) is 44.0 Å². The smallest absolute Gasteiger partial charge is 0.0513 e. The second-order valence-corrected chi connectivity index (χ2v) is 3.91. The second kappa shape index (κ2) is 7.54. The molecule has 0 saturated heterocycles. The summed E-state index contributed by atoms with van der Waals surface area (Å²) < 4.78 is 0. The predicted molar refractivity (Wildman–Crippen MR) is 66.3 cm³/mol. The summed E-state index contributed by atoms with van der Waals surface area (Å²) in [4.78, 5) is 8.98. The fraction of sp³-hybridized carbons (Fsp3) is 0.818. The molecule has 15 heavy (non-hydrogen) atoms. The van der Waals surface area contributed by atoms with E-state index in [9.17, 15) is 0 Å². The highest BCUT2D eigenvalue weighted by Gasteiger charge is 1.96. The van der Waals surface area contributed by atoms with Crippen LogP contribution in [0, 0.1) is 0 Å². The number of rotatable bonds is 0. The summed E-state index contributed by atoms with van der Waals surface area (Å²) >= 11 is 0. The molecule has 0 spiro atoms. The summed E-state index contributed by atoms with van der Waals surface area (Å²) in [5, 5.41) is 6.70. The summed E-state index contributed by atoms with van der Waals surface area (Å²) in [6.45, 7) is 9.87. The zero-order valence-electron chi connectivity index (χ0n) is 9.84. The summed E-state index contributed by atoms with van der Waals surface area (Å²) in [5.41, 5.74) is 2.37. The van der Waals surface area contributed by atoms with Crippen LogP contribution in [0.5, 0.6) is 0 Å².